The number of fused-ring (bicyclic) bond motifs is 1. The number of aromatic nitrogens is 1. The van der Waals surface area contributed by atoms with E-state index < -0.39 is 17.7 Å². The zero-order chi connectivity index (χ0) is 30.9. The Labute approximate surface area is 263 Å². The number of halogens is 1. The summed E-state index contributed by atoms with van der Waals surface area (Å²) in [5.41, 5.74) is 12.9. The Hall–Kier alpha value is -3.17. The Kier molecular flexibility index (Phi) is 9.32. The van der Waals surface area contributed by atoms with Gasteiger partial charge in [-0.15, -0.1) is 11.3 Å². The van der Waals surface area contributed by atoms with Crippen LogP contribution in [-0.2, 0) is 14.3 Å². The summed E-state index contributed by atoms with van der Waals surface area (Å²) in [6.45, 7) is 12.0. The third-order valence-corrected chi connectivity index (χ3v) is 9.06. The first-order chi connectivity index (χ1) is 20.4. The summed E-state index contributed by atoms with van der Waals surface area (Å²) in [4.78, 5) is 20.8. The smallest absolute Gasteiger partial charge is 0.339 e. The normalized spacial score (nSPS) is 15.5. The lowest BCUT2D eigenvalue weighted by atomic mass is 9.91. The number of thiazole rings is 1. The molecule has 0 spiro atoms. The van der Waals surface area contributed by atoms with Crippen LogP contribution in [0.2, 0.25) is 5.02 Å². The van der Waals surface area contributed by atoms with Crippen molar-refractivity contribution in [3.8, 4) is 21.7 Å². The number of anilines is 2. The molecule has 1 saturated heterocycles. The number of likely N-dealkylation sites (tertiary alicyclic amines) is 1. The van der Waals surface area contributed by atoms with Crippen LogP contribution in [0.25, 0.3) is 31.9 Å². The zero-order valence-electron chi connectivity index (χ0n) is 25.8. The Morgan fingerprint density at radius 3 is 2.44 bits per heavy atom. The van der Waals surface area contributed by atoms with Crippen molar-refractivity contribution in [1.82, 2.24) is 9.88 Å². The molecule has 3 aromatic carbocycles. The molecule has 2 heterocycles. The number of nitrogen functional groups attached to an aromatic ring is 1. The molecule has 1 aromatic heterocycles. The van der Waals surface area contributed by atoms with Gasteiger partial charge in [0.1, 0.15) is 5.01 Å². The quantitative estimate of drug-likeness (QED) is 0.152. The molecule has 4 aromatic rings. The summed E-state index contributed by atoms with van der Waals surface area (Å²) in [5.74, 6) is -0.416. The van der Waals surface area contributed by atoms with E-state index in [2.05, 4.69) is 29.4 Å². The highest BCUT2D eigenvalue weighted by Gasteiger charge is 2.33. The van der Waals surface area contributed by atoms with Crippen molar-refractivity contribution in [1.29, 1.82) is 0 Å². The number of carbonyl (C=O) groups excluding carboxylic acids is 1. The van der Waals surface area contributed by atoms with Crippen molar-refractivity contribution in [2.24, 2.45) is 0 Å². The topological polar surface area (TPSA) is 89.7 Å². The van der Waals surface area contributed by atoms with Crippen LogP contribution in [0, 0.1) is 6.92 Å². The van der Waals surface area contributed by atoms with Crippen LogP contribution in [-0.4, -0.2) is 54.2 Å². The van der Waals surface area contributed by atoms with Crippen LogP contribution in [0.5, 0.6) is 0 Å². The zero-order valence-corrected chi connectivity index (χ0v) is 27.4. The van der Waals surface area contributed by atoms with E-state index in [-0.39, 0.29) is 6.61 Å². The van der Waals surface area contributed by atoms with Gasteiger partial charge in [0, 0.05) is 27.8 Å². The molecule has 5 rings (SSSR count). The summed E-state index contributed by atoms with van der Waals surface area (Å²) in [6.07, 6.45) is 1.27. The molecule has 0 saturated carbocycles. The number of benzene rings is 3. The number of nitrogens with one attached hydrogen (secondary N) is 1. The predicted molar refractivity (Wildman–Crippen MR) is 179 cm³/mol. The second-order valence-corrected chi connectivity index (χ2v) is 13.7. The highest BCUT2D eigenvalue weighted by Crippen LogP contribution is 2.45. The summed E-state index contributed by atoms with van der Waals surface area (Å²) in [6, 6.07) is 16.2. The van der Waals surface area contributed by atoms with Crippen molar-refractivity contribution in [2.75, 3.05) is 37.8 Å². The lowest BCUT2D eigenvalue weighted by Crippen LogP contribution is -2.36. The molecule has 0 aliphatic carbocycles. The van der Waals surface area contributed by atoms with Gasteiger partial charge >= 0.3 is 5.97 Å². The number of rotatable bonds is 8. The van der Waals surface area contributed by atoms with E-state index in [1.807, 2.05) is 64.1 Å². The maximum Gasteiger partial charge on any atom is 0.339 e. The van der Waals surface area contributed by atoms with Crippen molar-refractivity contribution in [2.45, 2.75) is 65.2 Å². The number of carbonyl (C=O) groups is 1. The van der Waals surface area contributed by atoms with E-state index in [9.17, 15) is 4.79 Å². The molecular weight excluding hydrogens is 580 g/mol. The molecule has 0 amide bonds. The van der Waals surface area contributed by atoms with Crippen molar-refractivity contribution < 1.29 is 14.3 Å². The van der Waals surface area contributed by atoms with Gasteiger partial charge in [-0.1, -0.05) is 23.7 Å². The lowest BCUT2D eigenvalue weighted by Gasteiger charge is -2.30. The van der Waals surface area contributed by atoms with Gasteiger partial charge in [0.05, 0.1) is 33.8 Å². The van der Waals surface area contributed by atoms with Gasteiger partial charge in [-0.3, -0.25) is 0 Å². The van der Waals surface area contributed by atoms with Gasteiger partial charge in [0.15, 0.2) is 6.10 Å². The Bertz CT molecular complexity index is 1600. The molecule has 9 heteroatoms. The molecule has 228 valence electrons. The largest absolute Gasteiger partial charge is 0.464 e. The van der Waals surface area contributed by atoms with Gasteiger partial charge in [-0.2, -0.15) is 0 Å². The van der Waals surface area contributed by atoms with Crippen molar-refractivity contribution in [3.05, 3.63) is 64.7 Å². The first kappa shape index (κ1) is 31.3. The van der Waals surface area contributed by atoms with Gasteiger partial charge in [-0.25, -0.2) is 9.78 Å². The van der Waals surface area contributed by atoms with E-state index >= 15 is 0 Å². The number of hydrogen-bond acceptors (Lipinski definition) is 8. The van der Waals surface area contributed by atoms with E-state index in [1.165, 1.54) is 0 Å². The minimum atomic E-state index is -0.916. The fraction of sp³-hybridized carbons (Fsp3) is 0.412. The Morgan fingerprint density at radius 2 is 1.81 bits per heavy atom. The molecule has 0 bridgehead atoms. The van der Waals surface area contributed by atoms with Gasteiger partial charge in [0.25, 0.3) is 0 Å². The van der Waals surface area contributed by atoms with Crippen LogP contribution in [0.4, 0.5) is 11.4 Å². The van der Waals surface area contributed by atoms with Gasteiger partial charge in [0.2, 0.25) is 0 Å². The Morgan fingerprint density at radius 1 is 1.14 bits per heavy atom. The SMILES string of the molecule is CCOC(=O)[C@@H](OC(C)(C)C)c1c(C)cc2nc(-c3ccc(NC4CCN(C)CC4)c(N)c3)sc2c1-c1ccc(Cl)cc1. The maximum absolute atomic E-state index is 13.4. The number of piperidine rings is 1. The minimum Gasteiger partial charge on any atom is -0.464 e. The average molecular weight is 621 g/mol. The molecule has 0 radical (unpaired) electrons. The standard InChI is InChI=1S/C34H41ClN4O3S/c1-7-41-33(40)30(42-34(3,4)5)28-20(2)18-27-31(29(28)21-8-11-23(35)12-9-21)43-32(38-27)22-10-13-26(25(36)19-22)37-24-14-16-39(6)17-15-24/h8-13,18-19,24,30,37H,7,14-17,36H2,1-6H3/t30-/m0/s1. The number of nitrogens with two attached hydrogens (primary N) is 1. The number of aryl methyl sites for hydroxylation is 1. The van der Waals surface area contributed by atoms with E-state index in [4.69, 9.17) is 31.8 Å². The summed E-state index contributed by atoms with van der Waals surface area (Å²) >= 11 is 7.86. The highest BCUT2D eigenvalue weighted by atomic mass is 35.5. The molecule has 43 heavy (non-hydrogen) atoms. The first-order valence-electron chi connectivity index (χ1n) is 14.8. The second-order valence-electron chi connectivity index (χ2n) is 12.2. The monoisotopic (exact) mass is 620 g/mol. The van der Waals surface area contributed by atoms with Crippen molar-refractivity contribution in [3.63, 3.8) is 0 Å². The number of ether oxygens (including phenoxy) is 2. The van der Waals surface area contributed by atoms with E-state index in [1.54, 1.807) is 18.3 Å². The Balaban J connectivity index is 1.61. The first-order valence-corrected chi connectivity index (χ1v) is 16.0. The third-order valence-electron chi connectivity index (χ3n) is 7.67. The summed E-state index contributed by atoms with van der Waals surface area (Å²) in [7, 11) is 2.16. The van der Waals surface area contributed by atoms with Gasteiger partial charge < -0.3 is 25.4 Å². The molecule has 1 atom stereocenters. The summed E-state index contributed by atoms with van der Waals surface area (Å²) in [5, 5.41) is 5.13. The molecule has 0 unspecified atom stereocenters. The molecule has 3 N–H and O–H groups in total. The van der Waals surface area contributed by atoms with Gasteiger partial charge in [-0.05, 0) is 115 Å². The third kappa shape index (κ3) is 7.15. The van der Waals surface area contributed by atoms with Crippen LogP contribution >= 0.6 is 22.9 Å². The van der Waals surface area contributed by atoms with E-state index in [0.717, 1.165) is 74.7 Å². The molecule has 1 aliphatic rings. The molecule has 1 fully saturated rings. The maximum atomic E-state index is 13.4. The second kappa shape index (κ2) is 12.8. The summed E-state index contributed by atoms with van der Waals surface area (Å²) < 4.78 is 12.9. The fourth-order valence-electron chi connectivity index (χ4n) is 5.57. The number of nitrogens with zero attached hydrogens (tertiary/aromatic N) is 2. The highest BCUT2D eigenvalue weighted by molar-refractivity contribution is 7.22. The minimum absolute atomic E-state index is 0.259. The van der Waals surface area contributed by atoms with Crippen LogP contribution in [0.3, 0.4) is 0 Å². The average Bonchev–Trinajstić information content (AvgIpc) is 3.37. The number of hydrogen-bond donors (Lipinski definition) is 2. The van der Waals surface area contributed by atoms with Crippen LogP contribution in [0.1, 0.15) is 57.8 Å². The van der Waals surface area contributed by atoms with Crippen LogP contribution < -0.4 is 11.1 Å². The predicted octanol–water partition coefficient (Wildman–Crippen LogP) is 8.10. The lowest BCUT2D eigenvalue weighted by molar-refractivity contribution is -0.166. The molecule has 7 nitrogen and oxygen atoms in total. The molecule has 1 aliphatic heterocycles. The van der Waals surface area contributed by atoms with Crippen molar-refractivity contribution >= 4 is 50.5 Å². The van der Waals surface area contributed by atoms with E-state index in [0.29, 0.717) is 16.8 Å². The fourth-order valence-corrected chi connectivity index (χ4v) is 6.82. The van der Waals surface area contributed by atoms with Crippen LogP contribution in [0.15, 0.2) is 48.5 Å². The molecular formula is C34H41ClN4O3S. The number of esters is 1.